The molecule has 1 rings (SSSR count). The number of methoxy groups -OCH3 is 2. The molecule has 1 aromatic carbocycles. The summed E-state index contributed by atoms with van der Waals surface area (Å²) >= 11 is 6.25. The van der Waals surface area contributed by atoms with E-state index in [0.29, 0.717) is 36.3 Å². The van der Waals surface area contributed by atoms with E-state index in [9.17, 15) is 0 Å². The van der Waals surface area contributed by atoms with Crippen molar-refractivity contribution in [1.29, 1.82) is 0 Å². The van der Waals surface area contributed by atoms with Gasteiger partial charge in [-0.25, -0.2) is 0 Å². The van der Waals surface area contributed by atoms with Gasteiger partial charge in [0.1, 0.15) is 6.61 Å². The van der Waals surface area contributed by atoms with Crippen molar-refractivity contribution in [2.45, 2.75) is 13.5 Å². The maximum atomic E-state index is 6.25. The second-order valence-electron chi connectivity index (χ2n) is 4.52. The smallest absolute Gasteiger partial charge is 0.180 e. The second kappa shape index (κ2) is 8.84. The van der Waals surface area contributed by atoms with Crippen LogP contribution in [0.4, 0.5) is 0 Å². The zero-order valence-corrected chi connectivity index (χ0v) is 13.0. The highest BCUT2D eigenvalue weighted by Gasteiger charge is 2.12. The lowest BCUT2D eigenvalue weighted by Crippen LogP contribution is -2.18. The monoisotopic (exact) mass is 299 g/mol. The minimum atomic E-state index is 0.418. The SMILES string of the molecule is C=C(C)COc1c(Cl)cc(CNCCOC)cc1OC. The molecule has 0 aliphatic heterocycles. The molecule has 0 aliphatic rings. The van der Waals surface area contributed by atoms with Gasteiger partial charge in [-0.3, -0.25) is 0 Å². The lowest BCUT2D eigenvalue weighted by Gasteiger charge is -2.14. The van der Waals surface area contributed by atoms with Crippen LogP contribution in [0.1, 0.15) is 12.5 Å². The van der Waals surface area contributed by atoms with Gasteiger partial charge in [0.2, 0.25) is 0 Å². The summed E-state index contributed by atoms with van der Waals surface area (Å²) in [6.07, 6.45) is 0. The van der Waals surface area contributed by atoms with Gasteiger partial charge in [0, 0.05) is 20.2 Å². The van der Waals surface area contributed by atoms with Crippen molar-refractivity contribution >= 4 is 11.6 Å². The molecule has 0 radical (unpaired) electrons. The van der Waals surface area contributed by atoms with Crippen LogP contribution in [-0.2, 0) is 11.3 Å². The third kappa shape index (κ3) is 5.41. The van der Waals surface area contributed by atoms with Crippen LogP contribution in [0.15, 0.2) is 24.3 Å². The molecule has 0 unspecified atom stereocenters. The van der Waals surface area contributed by atoms with E-state index in [4.69, 9.17) is 25.8 Å². The van der Waals surface area contributed by atoms with Gasteiger partial charge in [0.05, 0.1) is 18.7 Å². The van der Waals surface area contributed by atoms with Gasteiger partial charge in [0.25, 0.3) is 0 Å². The molecule has 1 N–H and O–H groups in total. The standard InChI is InChI=1S/C15H22ClNO3/c1-11(2)10-20-15-13(16)7-12(8-14(15)19-4)9-17-5-6-18-3/h7-8,17H,1,5-6,9-10H2,2-4H3. The van der Waals surface area contributed by atoms with E-state index in [1.165, 1.54) is 0 Å². The lowest BCUT2D eigenvalue weighted by atomic mass is 10.2. The van der Waals surface area contributed by atoms with Crippen LogP contribution >= 0.6 is 11.6 Å². The Labute approximate surface area is 125 Å². The minimum Gasteiger partial charge on any atom is -0.493 e. The van der Waals surface area contributed by atoms with E-state index >= 15 is 0 Å². The summed E-state index contributed by atoms with van der Waals surface area (Å²) in [4.78, 5) is 0. The Morgan fingerprint density at radius 2 is 2.10 bits per heavy atom. The molecule has 112 valence electrons. The molecule has 4 nitrogen and oxygen atoms in total. The van der Waals surface area contributed by atoms with Crippen LogP contribution in [0, 0.1) is 0 Å². The van der Waals surface area contributed by atoms with E-state index in [2.05, 4.69) is 11.9 Å². The molecule has 5 heteroatoms. The summed E-state index contributed by atoms with van der Waals surface area (Å²) < 4.78 is 15.9. The van der Waals surface area contributed by atoms with Gasteiger partial charge >= 0.3 is 0 Å². The molecule has 0 spiro atoms. The Kier molecular flexibility index (Phi) is 7.44. The molecule has 0 atom stereocenters. The molecular formula is C15H22ClNO3. The van der Waals surface area contributed by atoms with Crippen molar-refractivity contribution < 1.29 is 14.2 Å². The van der Waals surface area contributed by atoms with E-state index in [-0.39, 0.29) is 0 Å². The summed E-state index contributed by atoms with van der Waals surface area (Å²) in [5, 5.41) is 3.79. The third-order valence-corrected chi connectivity index (χ3v) is 2.84. The summed E-state index contributed by atoms with van der Waals surface area (Å²) in [5.41, 5.74) is 1.96. The zero-order valence-electron chi connectivity index (χ0n) is 12.3. The van der Waals surface area contributed by atoms with Crippen molar-refractivity contribution in [2.24, 2.45) is 0 Å². The van der Waals surface area contributed by atoms with Crippen molar-refractivity contribution in [2.75, 3.05) is 34.0 Å². The number of hydrogen-bond acceptors (Lipinski definition) is 4. The fourth-order valence-corrected chi connectivity index (χ4v) is 1.91. The Morgan fingerprint density at radius 3 is 2.70 bits per heavy atom. The summed E-state index contributed by atoms with van der Waals surface area (Å²) in [5.74, 6) is 1.18. The van der Waals surface area contributed by atoms with Crippen LogP contribution in [0.2, 0.25) is 5.02 Å². The fourth-order valence-electron chi connectivity index (χ4n) is 1.62. The van der Waals surface area contributed by atoms with Crippen LogP contribution < -0.4 is 14.8 Å². The van der Waals surface area contributed by atoms with E-state index < -0.39 is 0 Å². The van der Waals surface area contributed by atoms with Crippen molar-refractivity contribution in [3.63, 3.8) is 0 Å². The molecule has 0 bridgehead atoms. The number of rotatable bonds is 9. The van der Waals surface area contributed by atoms with Gasteiger partial charge in [-0.2, -0.15) is 0 Å². The maximum Gasteiger partial charge on any atom is 0.180 e. The van der Waals surface area contributed by atoms with Crippen LogP contribution in [0.5, 0.6) is 11.5 Å². The zero-order chi connectivity index (χ0) is 15.0. The highest BCUT2D eigenvalue weighted by molar-refractivity contribution is 6.32. The Morgan fingerprint density at radius 1 is 1.35 bits per heavy atom. The first-order chi connectivity index (χ1) is 9.58. The van der Waals surface area contributed by atoms with Crippen molar-refractivity contribution in [3.8, 4) is 11.5 Å². The Hall–Kier alpha value is -1.23. The maximum absolute atomic E-state index is 6.25. The molecule has 0 aromatic heterocycles. The summed E-state index contributed by atoms with van der Waals surface area (Å²) in [7, 11) is 3.27. The molecule has 1 aromatic rings. The molecule has 0 heterocycles. The first kappa shape index (κ1) is 16.8. The number of benzene rings is 1. The molecule has 0 amide bonds. The normalized spacial score (nSPS) is 10.4. The van der Waals surface area contributed by atoms with E-state index in [1.54, 1.807) is 14.2 Å². The number of nitrogens with one attached hydrogen (secondary N) is 1. The Balaban J connectivity index is 2.75. The molecule has 0 saturated carbocycles. The largest absolute Gasteiger partial charge is 0.493 e. The number of hydrogen-bond donors (Lipinski definition) is 1. The molecule has 20 heavy (non-hydrogen) atoms. The first-order valence-corrected chi connectivity index (χ1v) is 6.79. The van der Waals surface area contributed by atoms with Gasteiger partial charge < -0.3 is 19.5 Å². The quantitative estimate of drug-likeness (QED) is 0.562. The summed E-state index contributed by atoms with van der Waals surface area (Å²) in [6.45, 7) is 8.26. The van der Waals surface area contributed by atoms with Crippen LogP contribution in [0.25, 0.3) is 0 Å². The average Bonchev–Trinajstić information content (AvgIpc) is 2.41. The van der Waals surface area contributed by atoms with Gasteiger partial charge in [-0.05, 0) is 30.2 Å². The second-order valence-corrected chi connectivity index (χ2v) is 4.93. The number of ether oxygens (including phenoxy) is 3. The van der Waals surface area contributed by atoms with Crippen molar-refractivity contribution in [1.82, 2.24) is 5.32 Å². The summed E-state index contributed by atoms with van der Waals surface area (Å²) in [6, 6.07) is 3.79. The third-order valence-electron chi connectivity index (χ3n) is 2.56. The van der Waals surface area contributed by atoms with Gasteiger partial charge in [-0.1, -0.05) is 18.2 Å². The van der Waals surface area contributed by atoms with Gasteiger partial charge in [0.15, 0.2) is 11.5 Å². The highest BCUT2D eigenvalue weighted by atomic mass is 35.5. The number of halogens is 1. The van der Waals surface area contributed by atoms with E-state index in [1.807, 2.05) is 19.1 Å². The molecule has 0 aliphatic carbocycles. The molecule has 0 fully saturated rings. The minimum absolute atomic E-state index is 0.418. The lowest BCUT2D eigenvalue weighted by molar-refractivity contribution is 0.199. The topological polar surface area (TPSA) is 39.7 Å². The molecular weight excluding hydrogens is 278 g/mol. The Bertz CT molecular complexity index is 449. The first-order valence-electron chi connectivity index (χ1n) is 6.41. The van der Waals surface area contributed by atoms with Crippen LogP contribution in [-0.4, -0.2) is 34.0 Å². The predicted molar refractivity (Wildman–Crippen MR) is 81.9 cm³/mol. The van der Waals surface area contributed by atoms with Crippen molar-refractivity contribution in [3.05, 3.63) is 34.9 Å². The van der Waals surface area contributed by atoms with Gasteiger partial charge in [-0.15, -0.1) is 0 Å². The fraction of sp³-hybridized carbons (Fsp3) is 0.467. The highest BCUT2D eigenvalue weighted by Crippen LogP contribution is 2.36. The predicted octanol–water partition coefficient (Wildman–Crippen LogP) is 3.04. The molecule has 0 saturated heterocycles. The average molecular weight is 300 g/mol. The van der Waals surface area contributed by atoms with E-state index in [0.717, 1.165) is 17.7 Å². The van der Waals surface area contributed by atoms with Crippen LogP contribution in [0.3, 0.4) is 0 Å².